The molecule has 1 heterocycles. The lowest BCUT2D eigenvalue weighted by atomic mass is 9.92. The topological polar surface area (TPSA) is 48.0 Å². The molecule has 5 nitrogen and oxygen atoms in total. The maximum atomic E-state index is 12.7. The van der Waals surface area contributed by atoms with Gasteiger partial charge in [-0.15, -0.1) is 0 Å². The van der Waals surface area contributed by atoms with E-state index in [4.69, 9.17) is 14.2 Å². The van der Waals surface area contributed by atoms with Crippen molar-refractivity contribution in [1.82, 2.24) is 4.90 Å². The molecule has 0 saturated carbocycles. The van der Waals surface area contributed by atoms with E-state index < -0.39 is 5.79 Å². The first-order chi connectivity index (χ1) is 12.1. The van der Waals surface area contributed by atoms with Crippen LogP contribution in [-0.2, 0) is 19.0 Å². The maximum absolute atomic E-state index is 12.7. The van der Waals surface area contributed by atoms with Crippen molar-refractivity contribution < 1.29 is 19.0 Å². The van der Waals surface area contributed by atoms with Crippen LogP contribution in [-0.4, -0.2) is 49.1 Å². The Kier molecular flexibility index (Phi) is 7.41. The Hall–Kier alpha value is -1.43. The van der Waals surface area contributed by atoms with Gasteiger partial charge in [-0.2, -0.15) is 0 Å². The van der Waals surface area contributed by atoms with Gasteiger partial charge in [-0.05, 0) is 33.3 Å². The van der Waals surface area contributed by atoms with Crippen LogP contribution in [0.5, 0.6) is 0 Å². The van der Waals surface area contributed by atoms with Gasteiger partial charge in [0, 0.05) is 38.6 Å². The van der Waals surface area contributed by atoms with E-state index in [1.54, 1.807) is 0 Å². The number of rotatable bonds is 8. The summed E-state index contributed by atoms with van der Waals surface area (Å²) >= 11 is 0. The lowest BCUT2D eigenvalue weighted by Gasteiger charge is -2.46. The molecule has 1 aromatic carbocycles. The quantitative estimate of drug-likeness (QED) is 0.531. The van der Waals surface area contributed by atoms with Gasteiger partial charge < -0.3 is 14.2 Å². The Bertz CT molecular complexity index is 528. The minimum atomic E-state index is -0.701. The predicted molar refractivity (Wildman–Crippen MR) is 97.2 cm³/mol. The molecule has 1 saturated heterocycles. The Balaban J connectivity index is 2.25. The summed E-state index contributed by atoms with van der Waals surface area (Å²) in [5, 5.41) is 0. The summed E-state index contributed by atoms with van der Waals surface area (Å²) in [6.07, 6.45) is 1.23. The van der Waals surface area contributed by atoms with Gasteiger partial charge in [0.1, 0.15) is 6.04 Å². The van der Waals surface area contributed by atoms with E-state index in [2.05, 4.69) is 24.0 Å². The zero-order valence-corrected chi connectivity index (χ0v) is 15.9. The molecule has 0 N–H and O–H groups in total. The largest absolute Gasteiger partial charge is 0.465 e. The highest BCUT2D eigenvalue weighted by molar-refractivity contribution is 5.76. The molecule has 25 heavy (non-hydrogen) atoms. The number of hydrogen-bond donors (Lipinski definition) is 0. The first-order valence-corrected chi connectivity index (χ1v) is 9.32. The summed E-state index contributed by atoms with van der Waals surface area (Å²) in [6.45, 7) is 10.1. The molecule has 140 valence electrons. The molecule has 0 amide bonds. The molecule has 5 heteroatoms. The van der Waals surface area contributed by atoms with E-state index in [1.807, 2.05) is 39.0 Å². The zero-order chi connectivity index (χ0) is 18.3. The third kappa shape index (κ3) is 4.81. The van der Waals surface area contributed by atoms with Gasteiger partial charge in [-0.3, -0.25) is 9.69 Å². The average molecular weight is 349 g/mol. The molecule has 0 bridgehead atoms. The van der Waals surface area contributed by atoms with Crippen LogP contribution in [0.15, 0.2) is 30.3 Å². The molecule has 1 aliphatic rings. The molecule has 0 aliphatic carbocycles. The fourth-order valence-corrected chi connectivity index (χ4v) is 3.64. The first kappa shape index (κ1) is 19.9. The Labute approximate surface area is 151 Å². The zero-order valence-electron chi connectivity index (χ0n) is 15.9. The molecule has 0 spiro atoms. The van der Waals surface area contributed by atoms with Gasteiger partial charge in [-0.25, -0.2) is 0 Å². The summed E-state index contributed by atoms with van der Waals surface area (Å²) in [7, 11) is 0. The van der Waals surface area contributed by atoms with Crippen LogP contribution in [0.2, 0.25) is 0 Å². The number of piperidine rings is 1. The number of carbonyl (C=O) groups is 1. The predicted octanol–water partition coefficient (Wildman–Crippen LogP) is 3.54. The second-order valence-electron chi connectivity index (χ2n) is 6.32. The van der Waals surface area contributed by atoms with Crippen molar-refractivity contribution in [3.05, 3.63) is 35.9 Å². The van der Waals surface area contributed by atoms with Crippen molar-refractivity contribution in [3.8, 4) is 0 Å². The molecule has 2 atom stereocenters. The Morgan fingerprint density at radius 2 is 1.80 bits per heavy atom. The van der Waals surface area contributed by atoms with Crippen LogP contribution in [0.3, 0.4) is 0 Å². The standard InChI is InChI=1S/C20H31NO4/c1-5-23-19(22)18-15-20(24-6-2,25-7-3)13-14-21(18)16(4)17-11-9-8-10-12-17/h8-12,16,18H,5-7,13-15H2,1-4H3/t16-,18+/m1/s1. The van der Waals surface area contributed by atoms with Crippen LogP contribution in [0.25, 0.3) is 0 Å². The van der Waals surface area contributed by atoms with Crippen molar-refractivity contribution in [3.63, 3.8) is 0 Å². The molecule has 1 aromatic rings. The summed E-state index contributed by atoms with van der Waals surface area (Å²) in [5.41, 5.74) is 1.19. The maximum Gasteiger partial charge on any atom is 0.323 e. The minimum Gasteiger partial charge on any atom is -0.465 e. The van der Waals surface area contributed by atoms with Crippen molar-refractivity contribution in [1.29, 1.82) is 0 Å². The lowest BCUT2D eigenvalue weighted by Crippen LogP contribution is -2.56. The van der Waals surface area contributed by atoms with Crippen molar-refractivity contribution in [2.75, 3.05) is 26.4 Å². The highest BCUT2D eigenvalue weighted by atomic mass is 16.7. The van der Waals surface area contributed by atoms with Gasteiger partial charge in [0.05, 0.1) is 6.61 Å². The number of benzene rings is 1. The molecule has 2 rings (SSSR count). The molecular formula is C20H31NO4. The van der Waals surface area contributed by atoms with Gasteiger partial charge in [0.25, 0.3) is 0 Å². The van der Waals surface area contributed by atoms with Crippen molar-refractivity contribution in [2.24, 2.45) is 0 Å². The SMILES string of the molecule is CCOC(=O)[C@@H]1CC(OCC)(OCC)CCN1[C@H](C)c1ccccc1. The molecule has 1 fully saturated rings. The second kappa shape index (κ2) is 9.32. The van der Waals surface area contributed by atoms with Crippen LogP contribution in [0.4, 0.5) is 0 Å². The molecular weight excluding hydrogens is 318 g/mol. The minimum absolute atomic E-state index is 0.122. The number of carbonyl (C=O) groups excluding carboxylic acids is 1. The lowest BCUT2D eigenvalue weighted by molar-refractivity contribution is -0.263. The Morgan fingerprint density at radius 1 is 1.16 bits per heavy atom. The number of likely N-dealkylation sites (tertiary alicyclic amines) is 1. The van der Waals surface area contributed by atoms with E-state index in [0.29, 0.717) is 26.2 Å². The number of esters is 1. The third-order valence-corrected chi connectivity index (χ3v) is 4.81. The van der Waals surface area contributed by atoms with E-state index >= 15 is 0 Å². The van der Waals surface area contributed by atoms with E-state index in [0.717, 1.165) is 13.0 Å². The highest BCUT2D eigenvalue weighted by Gasteiger charge is 2.46. The Morgan fingerprint density at radius 3 is 2.36 bits per heavy atom. The third-order valence-electron chi connectivity index (χ3n) is 4.81. The van der Waals surface area contributed by atoms with E-state index in [1.165, 1.54) is 5.56 Å². The second-order valence-corrected chi connectivity index (χ2v) is 6.32. The molecule has 0 aromatic heterocycles. The van der Waals surface area contributed by atoms with E-state index in [-0.39, 0.29) is 18.1 Å². The van der Waals surface area contributed by atoms with Gasteiger partial charge >= 0.3 is 5.97 Å². The van der Waals surface area contributed by atoms with Crippen LogP contribution < -0.4 is 0 Å². The fraction of sp³-hybridized carbons (Fsp3) is 0.650. The molecule has 0 radical (unpaired) electrons. The number of ether oxygens (including phenoxy) is 3. The summed E-state index contributed by atoms with van der Waals surface area (Å²) in [6, 6.07) is 10.0. The normalized spacial score (nSPS) is 21.7. The molecule has 0 unspecified atom stereocenters. The molecule has 1 aliphatic heterocycles. The van der Waals surface area contributed by atoms with Crippen LogP contribution >= 0.6 is 0 Å². The first-order valence-electron chi connectivity index (χ1n) is 9.32. The smallest absolute Gasteiger partial charge is 0.323 e. The highest BCUT2D eigenvalue weighted by Crippen LogP contribution is 2.36. The van der Waals surface area contributed by atoms with Gasteiger partial charge in [0.15, 0.2) is 5.79 Å². The van der Waals surface area contributed by atoms with Gasteiger partial charge in [-0.1, -0.05) is 30.3 Å². The van der Waals surface area contributed by atoms with Gasteiger partial charge in [0.2, 0.25) is 0 Å². The number of hydrogen-bond acceptors (Lipinski definition) is 5. The monoisotopic (exact) mass is 349 g/mol. The van der Waals surface area contributed by atoms with Crippen molar-refractivity contribution in [2.45, 2.75) is 58.4 Å². The fourth-order valence-electron chi connectivity index (χ4n) is 3.64. The summed E-state index contributed by atoms with van der Waals surface area (Å²) in [5.74, 6) is -0.901. The van der Waals surface area contributed by atoms with Crippen LogP contribution in [0, 0.1) is 0 Å². The van der Waals surface area contributed by atoms with Crippen molar-refractivity contribution >= 4 is 5.97 Å². The summed E-state index contributed by atoms with van der Waals surface area (Å²) in [4.78, 5) is 14.9. The number of nitrogens with zero attached hydrogens (tertiary/aromatic N) is 1. The van der Waals surface area contributed by atoms with Crippen LogP contribution in [0.1, 0.15) is 52.1 Å². The average Bonchev–Trinajstić information content (AvgIpc) is 2.62. The van der Waals surface area contributed by atoms with E-state index in [9.17, 15) is 4.79 Å². The summed E-state index contributed by atoms with van der Waals surface area (Å²) < 4.78 is 17.2.